The van der Waals surface area contributed by atoms with Crippen molar-refractivity contribution in [3.05, 3.63) is 42.0 Å². The van der Waals surface area contributed by atoms with Gasteiger partial charge in [0, 0.05) is 17.9 Å². The average molecular weight is 331 g/mol. The summed E-state index contributed by atoms with van der Waals surface area (Å²) in [5, 5.41) is 10.1. The van der Waals surface area contributed by atoms with Crippen molar-refractivity contribution in [1.29, 1.82) is 0 Å². The molecule has 0 radical (unpaired) electrons. The molecule has 1 aliphatic heterocycles. The van der Waals surface area contributed by atoms with Crippen LogP contribution in [0.25, 0.3) is 0 Å². The number of carbonyl (C=O) groups excluding carboxylic acids is 1. The topological polar surface area (TPSA) is 71.8 Å². The smallest absolute Gasteiger partial charge is 0.319 e. The Balaban J connectivity index is 1.53. The summed E-state index contributed by atoms with van der Waals surface area (Å²) in [4.78, 5) is 16.4. The second-order valence-electron chi connectivity index (χ2n) is 5.53. The van der Waals surface area contributed by atoms with Crippen LogP contribution in [-0.4, -0.2) is 32.6 Å². The molecule has 0 fully saturated rings. The monoisotopic (exact) mass is 331 g/mol. The highest BCUT2D eigenvalue weighted by atomic mass is 32.2. The summed E-state index contributed by atoms with van der Waals surface area (Å²) >= 11 is 1.87. The van der Waals surface area contributed by atoms with E-state index in [1.807, 2.05) is 34.6 Å². The lowest BCUT2D eigenvalue weighted by Crippen LogP contribution is -2.43. The van der Waals surface area contributed by atoms with Crippen molar-refractivity contribution in [1.82, 2.24) is 20.1 Å². The zero-order chi connectivity index (χ0) is 16.1. The highest BCUT2D eigenvalue weighted by Crippen LogP contribution is 2.17. The van der Waals surface area contributed by atoms with Gasteiger partial charge in [-0.1, -0.05) is 19.1 Å². The number of urea groups is 1. The lowest BCUT2D eigenvalue weighted by Gasteiger charge is -2.23. The maximum Gasteiger partial charge on any atom is 0.319 e. The molecule has 122 valence electrons. The highest BCUT2D eigenvalue weighted by molar-refractivity contribution is 7.98. The number of benzene rings is 1. The predicted molar refractivity (Wildman–Crippen MR) is 92.6 cm³/mol. The summed E-state index contributed by atoms with van der Waals surface area (Å²) in [6, 6.07) is 7.92. The minimum atomic E-state index is -0.168. The van der Waals surface area contributed by atoms with Crippen LogP contribution in [0, 0.1) is 0 Å². The summed E-state index contributed by atoms with van der Waals surface area (Å²) in [6.07, 6.45) is 3.30. The van der Waals surface area contributed by atoms with Gasteiger partial charge in [0.05, 0.1) is 12.6 Å². The van der Waals surface area contributed by atoms with E-state index in [1.165, 1.54) is 5.56 Å². The van der Waals surface area contributed by atoms with Gasteiger partial charge in [-0.25, -0.2) is 14.5 Å². The van der Waals surface area contributed by atoms with Crippen molar-refractivity contribution in [2.45, 2.75) is 38.1 Å². The van der Waals surface area contributed by atoms with Crippen LogP contribution in [0.1, 0.15) is 24.7 Å². The molecule has 23 heavy (non-hydrogen) atoms. The molecule has 2 heterocycles. The molecule has 0 aliphatic carbocycles. The van der Waals surface area contributed by atoms with Gasteiger partial charge < -0.3 is 10.6 Å². The van der Waals surface area contributed by atoms with Crippen molar-refractivity contribution in [3.63, 3.8) is 0 Å². The lowest BCUT2D eigenvalue weighted by atomic mass is 10.1. The molecule has 0 bridgehead atoms. The van der Waals surface area contributed by atoms with Gasteiger partial charge in [-0.05, 0) is 29.9 Å². The number of aromatic nitrogens is 3. The molecule has 0 spiro atoms. The number of hydrogen-bond acceptors (Lipinski definition) is 4. The van der Waals surface area contributed by atoms with Gasteiger partial charge in [0.2, 0.25) is 0 Å². The first-order valence-corrected chi connectivity index (χ1v) is 9.01. The van der Waals surface area contributed by atoms with E-state index in [2.05, 4.69) is 33.7 Å². The Morgan fingerprint density at radius 1 is 1.48 bits per heavy atom. The molecule has 2 amide bonds. The third-order valence-corrected chi connectivity index (χ3v) is 4.74. The number of anilines is 1. The molecule has 0 saturated heterocycles. The first-order chi connectivity index (χ1) is 11.2. The van der Waals surface area contributed by atoms with Crippen LogP contribution in [0.5, 0.6) is 0 Å². The van der Waals surface area contributed by atoms with E-state index < -0.39 is 0 Å². The van der Waals surface area contributed by atoms with Gasteiger partial charge in [-0.15, -0.1) is 0 Å². The SMILES string of the molecule is CCSCc1cccc(NC(=O)N[C@H]2CCc3ncnn3C2)c1. The van der Waals surface area contributed by atoms with E-state index in [0.29, 0.717) is 6.54 Å². The van der Waals surface area contributed by atoms with E-state index in [9.17, 15) is 4.79 Å². The number of amides is 2. The van der Waals surface area contributed by atoms with Gasteiger partial charge in [0.25, 0.3) is 0 Å². The Hall–Kier alpha value is -2.02. The standard InChI is InChI=1S/C16H21N5OS/c1-2-23-10-12-4-3-5-13(8-12)19-16(22)20-14-6-7-15-17-11-18-21(15)9-14/h3-5,8,11,14H,2,6-7,9-10H2,1H3,(H2,19,20,22)/t14-/m0/s1. The average Bonchev–Trinajstić information content (AvgIpc) is 3.01. The van der Waals surface area contributed by atoms with Crippen LogP contribution in [0.15, 0.2) is 30.6 Å². The fourth-order valence-electron chi connectivity index (χ4n) is 2.67. The minimum absolute atomic E-state index is 0.0861. The number of nitrogens with zero attached hydrogens (tertiary/aromatic N) is 3. The van der Waals surface area contributed by atoms with Gasteiger partial charge in [0.15, 0.2) is 0 Å². The lowest BCUT2D eigenvalue weighted by molar-refractivity contribution is 0.243. The zero-order valence-corrected chi connectivity index (χ0v) is 14.0. The maximum absolute atomic E-state index is 12.2. The number of thioether (sulfide) groups is 1. The van der Waals surface area contributed by atoms with E-state index in [0.717, 1.165) is 35.9 Å². The molecule has 2 N–H and O–H groups in total. The minimum Gasteiger partial charge on any atom is -0.333 e. The molecule has 0 saturated carbocycles. The van der Waals surface area contributed by atoms with Crippen LogP contribution in [0.2, 0.25) is 0 Å². The van der Waals surface area contributed by atoms with E-state index in [-0.39, 0.29) is 12.1 Å². The molecule has 1 atom stereocenters. The van der Waals surface area contributed by atoms with E-state index in [4.69, 9.17) is 0 Å². The van der Waals surface area contributed by atoms with Crippen molar-refractivity contribution >= 4 is 23.5 Å². The van der Waals surface area contributed by atoms with Crippen molar-refractivity contribution in [2.24, 2.45) is 0 Å². The molecule has 6 nitrogen and oxygen atoms in total. The third-order valence-electron chi connectivity index (χ3n) is 3.80. The van der Waals surface area contributed by atoms with Crippen molar-refractivity contribution in [3.8, 4) is 0 Å². The van der Waals surface area contributed by atoms with Gasteiger partial charge in [-0.3, -0.25) is 0 Å². The largest absolute Gasteiger partial charge is 0.333 e. The van der Waals surface area contributed by atoms with Gasteiger partial charge in [-0.2, -0.15) is 16.9 Å². The fraction of sp³-hybridized carbons (Fsp3) is 0.438. The molecular formula is C16H21N5OS. The quantitative estimate of drug-likeness (QED) is 0.883. The second kappa shape index (κ2) is 7.50. The Bertz CT molecular complexity index is 672. The number of fused-ring (bicyclic) bond motifs is 1. The van der Waals surface area contributed by atoms with E-state index >= 15 is 0 Å². The summed E-state index contributed by atoms with van der Waals surface area (Å²) in [7, 11) is 0. The Kier molecular flexibility index (Phi) is 5.17. The van der Waals surface area contributed by atoms with Crippen molar-refractivity contribution < 1.29 is 4.79 Å². The Morgan fingerprint density at radius 2 is 2.39 bits per heavy atom. The first-order valence-electron chi connectivity index (χ1n) is 7.85. The molecule has 7 heteroatoms. The predicted octanol–water partition coefficient (Wildman–Crippen LogP) is 2.67. The normalized spacial score (nSPS) is 16.7. The molecule has 1 aromatic carbocycles. The van der Waals surface area contributed by atoms with Crippen LogP contribution in [-0.2, 0) is 18.7 Å². The number of rotatable bonds is 5. The Morgan fingerprint density at radius 3 is 3.26 bits per heavy atom. The van der Waals surface area contributed by atoms with Gasteiger partial charge in [0.1, 0.15) is 12.2 Å². The molecule has 1 aliphatic rings. The fourth-order valence-corrected chi connectivity index (χ4v) is 3.29. The van der Waals surface area contributed by atoms with E-state index in [1.54, 1.807) is 6.33 Å². The second-order valence-corrected chi connectivity index (χ2v) is 6.80. The van der Waals surface area contributed by atoms with Crippen molar-refractivity contribution in [2.75, 3.05) is 11.1 Å². The summed E-state index contributed by atoms with van der Waals surface area (Å²) in [5.41, 5.74) is 2.05. The summed E-state index contributed by atoms with van der Waals surface area (Å²) in [5.74, 6) is 3.04. The molecule has 2 aromatic rings. The maximum atomic E-state index is 12.2. The van der Waals surface area contributed by atoms with Crippen LogP contribution in [0.3, 0.4) is 0 Å². The van der Waals surface area contributed by atoms with Crippen LogP contribution < -0.4 is 10.6 Å². The molecule has 0 unspecified atom stereocenters. The number of hydrogen-bond donors (Lipinski definition) is 2. The summed E-state index contributed by atoms with van der Waals surface area (Å²) < 4.78 is 1.86. The zero-order valence-electron chi connectivity index (χ0n) is 13.2. The first kappa shape index (κ1) is 15.9. The molecule has 3 rings (SSSR count). The number of carbonyl (C=O) groups is 1. The molecule has 1 aromatic heterocycles. The third kappa shape index (κ3) is 4.25. The number of nitrogens with one attached hydrogen (secondary N) is 2. The highest BCUT2D eigenvalue weighted by Gasteiger charge is 2.21. The number of aryl methyl sites for hydroxylation is 1. The van der Waals surface area contributed by atoms with Gasteiger partial charge >= 0.3 is 6.03 Å². The van der Waals surface area contributed by atoms with Crippen LogP contribution >= 0.6 is 11.8 Å². The summed E-state index contributed by atoms with van der Waals surface area (Å²) in [6.45, 7) is 2.82. The van der Waals surface area contributed by atoms with Crippen LogP contribution in [0.4, 0.5) is 10.5 Å². The molecular weight excluding hydrogens is 310 g/mol. The Labute approximate surface area is 140 Å².